The molecular formula is C46H68N6O9. The summed E-state index contributed by atoms with van der Waals surface area (Å²) in [5.74, 6) is 0.214. The molecule has 2 aromatic rings. The molecule has 4 aliphatic heterocycles. The number of ether oxygens (including phenoxy) is 5. The Balaban J connectivity index is 0.736. The largest absolute Gasteiger partial charge is 0.375 e. The van der Waals surface area contributed by atoms with E-state index in [0.29, 0.717) is 78.0 Å². The number of likely N-dealkylation sites (tertiary alicyclic amines) is 2. The second-order valence-corrected chi connectivity index (χ2v) is 16.8. The SMILES string of the molecule is CN(CCCCC(=O)Nc1ccc(C2OCCO2)cc1)C(=O)CCN1CCC(OC2CCN(CCC(=O)N(C)CCCCC(=O)Nc3ccc(C4OCCO4)cc3)CC2)CC1. The molecule has 336 valence electrons. The molecule has 15 heteroatoms. The van der Waals surface area contributed by atoms with E-state index in [-0.39, 0.29) is 48.4 Å². The van der Waals surface area contributed by atoms with Crippen molar-refractivity contribution >= 4 is 35.0 Å². The van der Waals surface area contributed by atoms with E-state index >= 15 is 0 Å². The first-order valence-electron chi connectivity index (χ1n) is 22.5. The molecule has 0 spiro atoms. The minimum absolute atomic E-state index is 0.0321. The van der Waals surface area contributed by atoms with E-state index in [1.54, 1.807) is 9.80 Å². The van der Waals surface area contributed by atoms with Crippen molar-refractivity contribution in [1.29, 1.82) is 0 Å². The van der Waals surface area contributed by atoms with Crippen LogP contribution in [0.4, 0.5) is 11.4 Å². The van der Waals surface area contributed by atoms with Crippen LogP contribution in [0.2, 0.25) is 0 Å². The number of carbonyl (C=O) groups excluding carboxylic acids is 4. The number of amides is 4. The first-order valence-corrected chi connectivity index (χ1v) is 22.5. The molecule has 15 nitrogen and oxygen atoms in total. The van der Waals surface area contributed by atoms with Gasteiger partial charge in [-0.25, -0.2) is 0 Å². The Morgan fingerprint density at radius 3 is 1.28 bits per heavy atom. The van der Waals surface area contributed by atoms with E-state index in [9.17, 15) is 19.2 Å². The molecule has 0 aromatic heterocycles. The van der Waals surface area contributed by atoms with Crippen LogP contribution in [0, 0.1) is 0 Å². The van der Waals surface area contributed by atoms with Gasteiger partial charge in [0.05, 0.1) is 38.6 Å². The van der Waals surface area contributed by atoms with Crippen LogP contribution in [0.5, 0.6) is 0 Å². The highest BCUT2D eigenvalue weighted by Gasteiger charge is 2.27. The number of unbranched alkanes of at least 4 members (excludes halogenated alkanes) is 2. The van der Waals surface area contributed by atoms with Gasteiger partial charge in [-0.15, -0.1) is 0 Å². The van der Waals surface area contributed by atoms with E-state index in [2.05, 4.69) is 20.4 Å². The molecule has 2 aromatic carbocycles. The Morgan fingerprint density at radius 2 is 0.918 bits per heavy atom. The topological polar surface area (TPSA) is 151 Å². The quantitative estimate of drug-likeness (QED) is 0.148. The summed E-state index contributed by atoms with van der Waals surface area (Å²) < 4.78 is 28.6. The Kier molecular flexibility index (Phi) is 18.8. The van der Waals surface area contributed by atoms with Crippen LogP contribution in [0.15, 0.2) is 48.5 Å². The van der Waals surface area contributed by atoms with Gasteiger partial charge in [-0.2, -0.15) is 0 Å². The molecule has 0 aliphatic carbocycles. The highest BCUT2D eigenvalue weighted by molar-refractivity contribution is 5.91. The summed E-state index contributed by atoms with van der Waals surface area (Å²) >= 11 is 0. The lowest BCUT2D eigenvalue weighted by molar-refractivity contribution is -0.131. The van der Waals surface area contributed by atoms with Crippen LogP contribution < -0.4 is 10.6 Å². The van der Waals surface area contributed by atoms with Gasteiger partial charge in [-0.3, -0.25) is 19.2 Å². The fourth-order valence-electron chi connectivity index (χ4n) is 8.21. The van der Waals surface area contributed by atoms with Crippen LogP contribution in [0.3, 0.4) is 0 Å². The lowest BCUT2D eigenvalue weighted by Crippen LogP contribution is -2.43. The Morgan fingerprint density at radius 1 is 0.557 bits per heavy atom. The average Bonchev–Trinajstić information content (AvgIpc) is 4.03. The standard InChI is InChI=1S/C46H68N6O9/c1-49(23-5-3-7-41(53)47-37-13-9-35(10-14-37)45-57-31-32-58-45)43(55)21-29-51-25-17-39(18-26-51)61-40-19-27-52(28-20-40)30-22-44(56)50(2)24-6-4-8-42(54)48-38-15-11-36(12-16-38)46-59-33-34-60-46/h9-16,39-40,45-46H,3-8,17-34H2,1-2H3,(H,47,53)(H,48,54). The molecular weight excluding hydrogens is 781 g/mol. The summed E-state index contributed by atoms with van der Waals surface area (Å²) in [5, 5.41) is 5.88. The first kappa shape index (κ1) is 46.5. The van der Waals surface area contributed by atoms with Crippen LogP contribution in [-0.2, 0) is 42.9 Å². The number of hydrogen-bond acceptors (Lipinski definition) is 11. The normalized spacial score (nSPS) is 18.7. The number of anilines is 2. The fraction of sp³-hybridized carbons (Fsp3) is 0.652. The van der Waals surface area contributed by atoms with E-state index in [0.717, 1.165) is 100 Å². The third-order valence-corrected chi connectivity index (χ3v) is 12.1. The maximum Gasteiger partial charge on any atom is 0.224 e. The lowest BCUT2D eigenvalue weighted by atomic mass is 10.0. The Hall–Kier alpha value is -3.96. The zero-order valence-electron chi connectivity index (χ0n) is 36.4. The molecule has 0 bridgehead atoms. The second-order valence-electron chi connectivity index (χ2n) is 16.8. The number of hydrogen-bond donors (Lipinski definition) is 2. The summed E-state index contributed by atoms with van der Waals surface area (Å²) in [7, 11) is 3.70. The fourth-order valence-corrected chi connectivity index (χ4v) is 8.21. The van der Waals surface area contributed by atoms with Gasteiger partial charge >= 0.3 is 0 Å². The van der Waals surface area contributed by atoms with Crippen LogP contribution >= 0.6 is 0 Å². The summed E-state index contributed by atoms with van der Waals surface area (Å²) in [6.45, 7) is 8.90. The predicted molar refractivity (Wildman–Crippen MR) is 232 cm³/mol. The van der Waals surface area contributed by atoms with Crippen molar-refractivity contribution in [3.63, 3.8) is 0 Å². The molecule has 4 aliphatic rings. The number of nitrogens with zero attached hydrogens (tertiary/aromatic N) is 4. The van der Waals surface area contributed by atoms with Gasteiger partial charge in [0.1, 0.15) is 0 Å². The van der Waals surface area contributed by atoms with Crippen molar-refractivity contribution in [2.24, 2.45) is 0 Å². The maximum absolute atomic E-state index is 12.8. The first-order chi connectivity index (χ1) is 29.7. The van der Waals surface area contributed by atoms with Gasteiger partial charge in [0.15, 0.2) is 12.6 Å². The number of benzene rings is 2. The van der Waals surface area contributed by atoms with Crippen LogP contribution in [-0.4, -0.2) is 148 Å². The van der Waals surface area contributed by atoms with Crippen molar-refractivity contribution in [3.05, 3.63) is 59.7 Å². The number of nitrogens with one attached hydrogen (secondary N) is 2. The summed E-state index contributed by atoms with van der Waals surface area (Å²) in [5.41, 5.74) is 3.37. The van der Waals surface area contributed by atoms with Crippen molar-refractivity contribution in [2.75, 3.05) is 104 Å². The molecule has 0 unspecified atom stereocenters. The smallest absolute Gasteiger partial charge is 0.224 e. The Bertz CT molecular complexity index is 1530. The van der Waals surface area contributed by atoms with Gasteiger partial charge in [0.25, 0.3) is 0 Å². The van der Waals surface area contributed by atoms with E-state index in [1.165, 1.54) is 0 Å². The van der Waals surface area contributed by atoms with Gasteiger partial charge in [0.2, 0.25) is 23.6 Å². The minimum atomic E-state index is -0.327. The molecule has 0 saturated carbocycles. The summed E-state index contributed by atoms with van der Waals surface area (Å²) in [6, 6.07) is 15.1. The average molecular weight is 849 g/mol. The van der Waals surface area contributed by atoms with Crippen molar-refractivity contribution in [1.82, 2.24) is 19.6 Å². The second kappa shape index (κ2) is 24.6. The third kappa shape index (κ3) is 15.7. The van der Waals surface area contributed by atoms with Gasteiger partial charge in [-0.1, -0.05) is 24.3 Å². The maximum atomic E-state index is 12.8. The molecule has 0 radical (unpaired) electrons. The van der Waals surface area contributed by atoms with Crippen molar-refractivity contribution in [3.8, 4) is 0 Å². The molecule has 4 fully saturated rings. The van der Waals surface area contributed by atoms with Gasteiger partial charge in [-0.05, 0) is 75.6 Å². The highest BCUT2D eigenvalue weighted by Crippen LogP contribution is 2.26. The van der Waals surface area contributed by atoms with Crippen LogP contribution in [0.25, 0.3) is 0 Å². The molecule has 4 amide bonds. The Labute approximate surface area is 361 Å². The summed E-state index contributed by atoms with van der Waals surface area (Å²) in [6.07, 6.45) is 8.56. The molecule has 0 atom stereocenters. The minimum Gasteiger partial charge on any atom is -0.375 e. The number of rotatable bonds is 22. The molecule has 4 saturated heterocycles. The number of carbonyl (C=O) groups is 4. The predicted octanol–water partition coefficient (Wildman–Crippen LogP) is 5.34. The van der Waals surface area contributed by atoms with Crippen molar-refractivity contribution in [2.45, 2.75) is 102 Å². The summed E-state index contributed by atoms with van der Waals surface area (Å²) in [4.78, 5) is 58.9. The van der Waals surface area contributed by atoms with E-state index in [1.807, 2.05) is 62.6 Å². The zero-order valence-corrected chi connectivity index (χ0v) is 36.4. The lowest BCUT2D eigenvalue weighted by Gasteiger charge is -2.37. The van der Waals surface area contributed by atoms with Gasteiger partial charge in [0, 0.05) is 115 Å². The molecule has 2 N–H and O–H groups in total. The highest BCUT2D eigenvalue weighted by atomic mass is 16.7. The zero-order chi connectivity index (χ0) is 42.8. The number of piperidine rings is 2. The van der Waals surface area contributed by atoms with E-state index in [4.69, 9.17) is 23.7 Å². The molecule has 61 heavy (non-hydrogen) atoms. The third-order valence-electron chi connectivity index (χ3n) is 12.1. The van der Waals surface area contributed by atoms with E-state index < -0.39 is 0 Å². The molecule has 4 heterocycles. The van der Waals surface area contributed by atoms with Crippen LogP contribution in [0.1, 0.15) is 101 Å². The molecule has 6 rings (SSSR count). The monoisotopic (exact) mass is 849 g/mol. The van der Waals surface area contributed by atoms with Crippen molar-refractivity contribution < 1.29 is 42.9 Å². The van der Waals surface area contributed by atoms with Gasteiger partial charge < -0.3 is 53.9 Å².